The van der Waals surface area contributed by atoms with Gasteiger partial charge in [-0.15, -0.1) is 0 Å². The summed E-state index contributed by atoms with van der Waals surface area (Å²) in [5, 5.41) is 2.97. The standard InChI is InChI=1S/C22H26N2O5S/c1-16-6-8-18(9-7-16)24(15-22(25)23-17-4-2-3-5-17)30(26,27)19-10-11-20-21(14-19)29-13-12-28-20/h6-11,14,17H,2-5,12-13,15H2,1H3,(H,23,25). The molecule has 1 aliphatic carbocycles. The van der Waals surface area contributed by atoms with Crippen molar-refractivity contribution in [1.29, 1.82) is 0 Å². The fraction of sp³-hybridized carbons (Fsp3) is 0.409. The Morgan fingerprint density at radius 2 is 1.70 bits per heavy atom. The lowest BCUT2D eigenvalue weighted by molar-refractivity contribution is -0.120. The molecule has 1 amide bonds. The van der Waals surface area contributed by atoms with Crippen molar-refractivity contribution in [3.8, 4) is 11.5 Å². The van der Waals surface area contributed by atoms with Crippen LogP contribution in [0.2, 0.25) is 0 Å². The van der Waals surface area contributed by atoms with Crippen LogP contribution < -0.4 is 19.1 Å². The van der Waals surface area contributed by atoms with Crippen molar-refractivity contribution in [3.05, 3.63) is 48.0 Å². The lowest BCUT2D eigenvalue weighted by Gasteiger charge is -2.26. The minimum absolute atomic E-state index is 0.0565. The number of nitrogens with one attached hydrogen (secondary N) is 1. The molecule has 0 atom stereocenters. The van der Waals surface area contributed by atoms with Crippen LogP contribution in [0.5, 0.6) is 11.5 Å². The minimum atomic E-state index is -3.99. The number of carbonyl (C=O) groups is 1. The zero-order valence-corrected chi connectivity index (χ0v) is 17.8. The monoisotopic (exact) mass is 430 g/mol. The van der Waals surface area contributed by atoms with E-state index in [0.29, 0.717) is 30.4 Å². The summed E-state index contributed by atoms with van der Waals surface area (Å²) in [6.07, 6.45) is 4.04. The molecule has 2 aromatic rings. The maximum absolute atomic E-state index is 13.5. The average Bonchev–Trinajstić information content (AvgIpc) is 3.25. The van der Waals surface area contributed by atoms with Crippen molar-refractivity contribution in [2.75, 3.05) is 24.1 Å². The molecule has 0 saturated heterocycles. The van der Waals surface area contributed by atoms with Gasteiger partial charge in [0.2, 0.25) is 5.91 Å². The van der Waals surface area contributed by atoms with E-state index in [-0.39, 0.29) is 23.4 Å². The molecule has 1 saturated carbocycles. The molecular weight excluding hydrogens is 404 g/mol. The molecule has 1 aliphatic heterocycles. The molecular formula is C22H26N2O5S. The van der Waals surface area contributed by atoms with Crippen LogP contribution in [0.1, 0.15) is 31.2 Å². The second kappa shape index (κ2) is 8.55. The summed E-state index contributed by atoms with van der Waals surface area (Å²) in [6.45, 7) is 2.43. The molecule has 160 valence electrons. The second-order valence-electron chi connectivity index (χ2n) is 7.70. The highest BCUT2D eigenvalue weighted by Crippen LogP contribution is 2.34. The number of hydrogen-bond donors (Lipinski definition) is 1. The van der Waals surface area contributed by atoms with Crippen LogP contribution in [0.15, 0.2) is 47.4 Å². The molecule has 0 bridgehead atoms. The fourth-order valence-corrected chi connectivity index (χ4v) is 5.25. The molecule has 1 fully saturated rings. The van der Waals surface area contributed by atoms with E-state index in [1.807, 2.05) is 19.1 Å². The van der Waals surface area contributed by atoms with Gasteiger partial charge in [-0.05, 0) is 44.0 Å². The number of benzene rings is 2. The first-order valence-corrected chi connectivity index (χ1v) is 11.7. The Morgan fingerprint density at radius 3 is 2.40 bits per heavy atom. The Balaban J connectivity index is 1.65. The number of nitrogens with zero attached hydrogens (tertiary/aromatic N) is 1. The molecule has 0 aromatic heterocycles. The maximum Gasteiger partial charge on any atom is 0.264 e. The Hall–Kier alpha value is -2.74. The summed E-state index contributed by atoms with van der Waals surface area (Å²) >= 11 is 0. The van der Waals surface area contributed by atoms with E-state index >= 15 is 0 Å². The Kier molecular flexibility index (Phi) is 5.85. The van der Waals surface area contributed by atoms with E-state index in [4.69, 9.17) is 9.47 Å². The van der Waals surface area contributed by atoms with Crippen molar-refractivity contribution < 1.29 is 22.7 Å². The first-order chi connectivity index (χ1) is 14.4. The summed E-state index contributed by atoms with van der Waals surface area (Å²) in [6, 6.07) is 11.7. The van der Waals surface area contributed by atoms with Gasteiger partial charge >= 0.3 is 0 Å². The van der Waals surface area contributed by atoms with Gasteiger partial charge < -0.3 is 14.8 Å². The third-order valence-corrected chi connectivity index (χ3v) is 7.20. The van der Waals surface area contributed by atoms with Crippen molar-refractivity contribution in [1.82, 2.24) is 5.32 Å². The van der Waals surface area contributed by atoms with Gasteiger partial charge in [0.1, 0.15) is 19.8 Å². The first-order valence-electron chi connectivity index (χ1n) is 10.2. The van der Waals surface area contributed by atoms with Gasteiger partial charge in [0, 0.05) is 12.1 Å². The van der Waals surface area contributed by atoms with Crippen molar-refractivity contribution in [2.24, 2.45) is 0 Å². The van der Waals surface area contributed by atoms with Gasteiger partial charge in [-0.2, -0.15) is 0 Å². The summed E-state index contributed by atoms with van der Waals surface area (Å²) in [5.74, 6) is 0.603. The molecule has 8 heteroatoms. The van der Waals surface area contributed by atoms with E-state index in [0.717, 1.165) is 35.6 Å². The molecule has 7 nitrogen and oxygen atoms in total. The van der Waals surface area contributed by atoms with E-state index in [1.54, 1.807) is 18.2 Å². The maximum atomic E-state index is 13.5. The minimum Gasteiger partial charge on any atom is -0.486 e. The number of fused-ring (bicyclic) bond motifs is 1. The van der Waals surface area contributed by atoms with E-state index in [1.165, 1.54) is 12.1 Å². The lowest BCUT2D eigenvalue weighted by Crippen LogP contribution is -2.43. The predicted octanol–water partition coefficient (Wildman–Crippen LogP) is 3.02. The van der Waals surface area contributed by atoms with Gasteiger partial charge in [0.05, 0.1) is 10.6 Å². The van der Waals surface area contributed by atoms with Gasteiger partial charge in [0.15, 0.2) is 11.5 Å². The number of anilines is 1. The van der Waals surface area contributed by atoms with Crippen LogP contribution in [0.25, 0.3) is 0 Å². The number of aryl methyl sites for hydroxylation is 1. The van der Waals surface area contributed by atoms with Gasteiger partial charge in [-0.25, -0.2) is 8.42 Å². The molecule has 2 aliphatic rings. The molecule has 0 spiro atoms. The van der Waals surface area contributed by atoms with Crippen molar-refractivity contribution in [2.45, 2.75) is 43.5 Å². The molecule has 0 unspecified atom stereocenters. The number of hydrogen-bond acceptors (Lipinski definition) is 5. The highest BCUT2D eigenvalue weighted by Gasteiger charge is 2.29. The third-order valence-electron chi connectivity index (χ3n) is 5.43. The Morgan fingerprint density at radius 1 is 1.03 bits per heavy atom. The molecule has 4 rings (SSSR count). The summed E-state index contributed by atoms with van der Waals surface area (Å²) in [7, 11) is -3.99. The number of ether oxygens (including phenoxy) is 2. The van der Waals surface area contributed by atoms with E-state index < -0.39 is 10.0 Å². The molecule has 0 radical (unpaired) electrons. The zero-order chi connectivity index (χ0) is 21.1. The third kappa shape index (κ3) is 4.38. The van der Waals surface area contributed by atoms with Gasteiger partial charge in [-0.3, -0.25) is 9.10 Å². The molecule has 30 heavy (non-hydrogen) atoms. The van der Waals surface area contributed by atoms with Crippen LogP contribution in [0.4, 0.5) is 5.69 Å². The van der Waals surface area contributed by atoms with Crippen LogP contribution in [0.3, 0.4) is 0 Å². The van der Waals surface area contributed by atoms with Gasteiger partial charge in [0.25, 0.3) is 10.0 Å². The van der Waals surface area contributed by atoms with Crippen molar-refractivity contribution in [3.63, 3.8) is 0 Å². The summed E-state index contributed by atoms with van der Waals surface area (Å²) in [4.78, 5) is 12.8. The number of sulfonamides is 1. The number of rotatable bonds is 6. The van der Waals surface area contributed by atoms with Crippen molar-refractivity contribution >= 4 is 21.6 Å². The predicted molar refractivity (Wildman–Crippen MR) is 114 cm³/mol. The summed E-state index contributed by atoms with van der Waals surface area (Å²) in [5.41, 5.74) is 1.45. The second-order valence-corrected chi connectivity index (χ2v) is 9.56. The quantitative estimate of drug-likeness (QED) is 0.762. The highest BCUT2D eigenvalue weighted by atomic mass is 32.2. The fourth-order valence-electron chi connectivity index (χ4n) is 3.81. The van der Waals surface area contributed by atoms with Crippen LogP contribution in [-0.4, -0.2) is 40.1 Å². The molecule has 1 heterocycles. The molecule has 1 N–H and O–H groups in total. The zero-order valence-electron chi connectivity index (χ0n) is 17.0. The molecule has 2 aromatic carbocycles. The van der Waals surface area contributed by atoms with E-state index in [9.17, 15) is 13.2 Å². The Bertz CT molecular complexity index is 1010. The largest absolute Gasteiger partial charge is 0.486 e. The van der Waals surface area contributed by atoms with Crippen LogP contribution in [-0.2, 0) is 14.8 Å². The first kappa shape index (κ1) is 20.5. The van der Waals surface area contributed by atoms with E-state index in [2.05, 4.69) is 5.32 Å². The number of carbonyl (C=O) groups excluding carboxylic acids is 1. The lowest BCUT2D eigenvalue weighted by atomic mass is 10.2. The normalized spacial score (nSPS) is 16.3. The smallest absolute Gasteiger partial charge is 0.264 e. The Labute approximate surface area is 177 Å². The SMILES string of the molecule is Cc1ccc(N(CC(=O)NC2CCCC2)S(=O)(=O)c2ccc3c(c2)OCCO3)cc1. The topological polar surface area (TPSA) is 84.9 Å². The highest BCUT2D eigenvalue weighted by molar-refractivity contribution is 7.92. The average molecular weight is 431 g/mol. The number of amides is 1. The van der Waals surface area contributed by atoms with Crippen LogP contribution >= 0.6 is 0 Å². The van der Waals surface area contributed by atoms with Gasteiger partial charge in [-0.1, -0.05) is 30.5 Å². The summed E-state index contributed by atoms with van der Waals surface area (Å²) < 4.78 is 39.2. The van der Waals surface area contributed by atoms with Crippen LogP contribution in [0, 0.1) is 6.92 Å².